The lowest BCUT2D eigenvalue weighted by Crippen LogP contribution is -2.34. The van der Waals surface area contributed by atoms with Gasteiger partial charge in [0.25, 0.3) is 5.56 Å². The Bertz CT molecular complexity index is 1410. The standard InChI is InChI=1S/C25H21FN4O2S/c1-15(30-23(31)13-16-7-6-12-20(16)29-30)24(32)27-21-11-5-3-9-18(21)22-14-33-25(28-22)17-8-2-4-10-19(17)26/h2-5,8-11,13-15H,6-7,12H2,1H3,(H,27,32). The first-order valence-electron chi connectivity index (χ1n) is 10.7. The number of hydrogen-bond donors (Lipinski definition) is 1. The topological polar surface area (TPSA) is 76.9 Å². The number of amides is 1. The maximum Gasteiger partial charge on any atom is 0.267 e. The highest BCUT2D eigenvalue weighted by Gasteiger charge is 2.22. The van der Waals surface area contributed by atoms with E-state index < -0.39 is 6.04 Å². The van der Waals surface area contributed by atoms with Gasteiger partial charge in [-0.1, -0.05) is 30.3 Å². The lowest BCUT2D eigenvalue weighted by atomic mass is 10.1. The number of anilines is 1. The number of aromatic nitrogens is 3. The zero-order valence-corrected chi connectivity index (χ0v) is 18.7. The van der Waals surface area contributed by atoms with E-state index in [9.17, 15) is 14.0 Å². The van der Waals surface area contributed by atoms with Gasteiger partial charge in [0.1, 0.15) is 16.9 Å². The summed E-state index contributed by atoms with van der Waals surface area (Å²) in [7, 11) is 0. The predicted molar refractivity (Wildman–Crippen MR) is 127 cm³/mol. The summed E-state index contributed by atoms with van der Waals surface area (Å²) in [6.07, 6.45) is 2.65. The number of benzene rings is 2. The van der Waals surface area contributed by atoms with Crippen molar-refractivity contribution in [2.24, 2.45) is 0 Å². The van der Waals surface area contributed by atoms with Crippen LogP contribution in [-0.2, 0) is 17.6 Å². The molecule has 1 aliphatic carbocycles. The summed E-state index contributed by atoms with van der Waals surface area (Å²) in [5, 5.41) is 9.75. The van der Waals surface area contributed by atoms with Crippen molar-refractivity contribution in [1.29, 1.82) is 0 Å². The van der Waals surface area contributed by atoms with Crippen molar-refractivity contribution in [2.75, 3.05) is 5.32 Å². The molecule has 2 aromatic carbocycles. The summed E-state index contributed by atoms with van der Waals surface area (Å²) in [6.45, 7) is 1.66. The van der Waals surface area contributed by atoms with Crippen LogP contribution in [0.4, 0.5) is 10.1 Å². The molecule has 0 radical (unpaired) electrons. The molecule has 0 spiro atoms. The fourth-order valence-corrected chi connectivity index (χ4v) is 4.86. The lowest BCUT2D eigenvalue weighted by Gasteiger charge is -2.16. The largest absolute Gasteiger partial charge is 0.324 e. The van der Waals surface area contributed by atoms with Crippen LogP contribution in [0.15, 0.2) is 64.8 Å². The van der Waals surface area contributed by atoms with Gasteiger partial charge in [-0.3, -0.25) is 9.59 Å². The molecule has 0 bridgehead atoms. The SMILES string of the molecule is CC(C(=O)Nc1ccccc1-c1csc(-c2ccccc2F)n1)n1nc2c(cc1=O)CCC2. The van der Waals surface area contributed by atoms with Gasteiger partial charge in [-0.05, 0) is 49.9 Å². The molecule has 0 fully saturated rings. The van der Waals surface area contributed by atoms with Crippen LogP contribution in [0.2, 0.25) is 0 Å². The molecular weight excluding hydrogens is 439 g/mol. The fourth-order valence-electron chi connectivity index (χ4n) is 4.01. The van der Waals surface area contributed by atoms with E-state index in [4.69, 9.17) is 0 Å². The number of rotatable bonds is 5. The van der Waals surface area contributed by atoms with E-state index in [1.165, 1.54) is 22.1 Å². The molecule has 33 heavy (non-hydrogen) atoms. The van der Waals surface area contributed by atoms with Gasteiger partial charge in [-0.2, -0.15) is 5.10 Å². The van der Waals surface area contributed by atoms with Crippen molar-refractivity contribution in [3.05, 3.63) is 87.4 Å². The second-order valence-corrected chi connectivity index (χ2v) is 8.84. The smallest absolute Gasteiger partial charge is 0.267 e. The van der Waals surface area contributed by atoms with Crippen LogP contribution in [0.25, 0.3) is 21.8 Å². The van der Waals surface area contributed by atoms with Crippen LogP contribution in [-0.4, -0.2) is 20.7 Å². The second-order valence-electron chi connectivity index (χ2n) is 7.98. The van der Waals surface area contributed by atoms with Crippen LogP contribution in [0.1, 0.15) is 30.6 Å². The number of carbonyl (C=O) groups is 1. The Morgan fingerprint density at radius 1 is 1.12 bits per heavy atom. The first-order valence-corrected chi connectivity index (χ1v) is 11.6. The number of aryl methyl sites for hydroxylation is 2. The zero-order chi connectivity index (χ0) is 22.9. The Labute approximate surface area is 193 Å². The Hall–Kier alpha value is -3.65. The van der Waals surface area contributed by atoms with Crippen molar-refractivity contribution in [2.45, 2.75) is 32.2 Å². The van der Waals surface area contributed by atoms with Gasteiger partial charge in [0.05, 0.1) is 17.1 Å². The predicted octanol–water partition coefficient (Wildman–Crippen LogP) is 4.86. The van der Waals surface area contributed by atoms with Gasteiger partial charge < -0.3 is 5.32 Å². The number of halogens is 1. The van der Waals surface area contributed by atoms with Gasteiger partial charge in [0.15, 0.2) is 0 Å². The summed E-state index contributed by atoms with van der Waals surface area (Å²) < 4.78 is 15.4. The summed E-state index contributed by atoms with van der Waals surface area (Å²) in [4.78, 5) is 30.1. The van der Waals surface area contributed by atoms with Gasteiger partial charge in [-0.15, -0.1) is 11.3 Å². The molecule has 6 nitrogen and oxygen atoms in total. The molecule has 0 saturated carbocycles. The number of nitrogens with zero attached hydrogens (tertiary/aromatic N) is 3. The average Bonchev–Trinajstić information content (AvgIpc) is 3.48. The summed E-state index contributed by atoms with van der Waals surface area (Å²) >= 11 is 1.34. The van der Waals surface area contributed by atoms with Gasteiger partial charge in [0, 0.05) is 22.6 Å². The Morgan fingerprint density at radius 2 is 1.88 bits per heavy atom. The van der Waals surface area contributed by atoms with Gasteiger partial charge >= 0.3 is 0 Å². The van der Waals surface area contributed by atoms with Crippen molar-refractivity contribution >= 4 is 22.9 Å². The average molecular weight is 461 g/mol. The van der Waals surface area contributed by atoms with Crippen LogP contribution in [0, 0.1) is 5.82 Å². The second kappa shape index (κ2) is 8.71. The van der Waals surface area contributed by atoms with E-state index >= 15 is 0 Å². The number of carbonyl (C=O) groups excluding carboxylic acids is 1. The lowest BCUT2D eigenvalue weighted by molar-refractivity contribution is -0.119. The monoisotopic (exact) mass is 460 g/mol. The summed E-state index contributed by atoms with van der Waals surface area (Å²) in [5.74, 6) is -0.680. The number of thiazole rings is 1. The maximum atomic E-state index is 14.2. The number of para-hydroxylation sites is 1. The summed E-state index contributed by atoms with van der Waals surface area (Å²) in [6, 6.07) is 14.6. The van der Waals surface area contributed by atoms with Crippen molar-refractivity contribution in [3.8, 4) is 21.8 Å². The Balaban J connectivity index is 1.42. The molecule has 0 saturated heterocycles. The highest BCUT2D eigenvalue weighted by Crippen LogP contribution is 2.34. The molecular formula is C25H21FN4O2S. The minimum Gasteiger partial charge on any atom is -0.324 e. The third kappa shape index (κ3) is 4.09. The van der Waals surface area contributed by atoms with E-state index in [0.717, 1.165) is 30.5 Å². The molecule has 2 aromatic heterocycles. The fraction of sp³-hybridized carbons (Fsp3) is 0.200. The first-order chi connectivity index (χ1) is 16.0. The van der Waals surface area contributed by atoms with Crippen LogP contribution in [0.3, 0.4) is 0 Å². The zero-order valence-electron chi connectivity index (χ0n) is 17.9. The van der Waals surface area contributed by atoms with Crippen molar-refractivity contribution < 1.29 is 9.18 Å². The van der Waals surface area contributed by atoms with E-state index in [1.807, 2.05) is 23.6 Å². The van der Waals surface area contributed by atoms with Crippen LogP contribution >= 0.6 is 11.3 Å². The highest BCUT2D eigenvalue weighted by molar-refractivity contribution is 7.13. The molecule has 8 heteroatoms. The van der Waals surface area contributed by atoms with Gasteiger partial charge in [0.2, 0.25) is 5.91 Å². The quantitative estimate of drug-likeness (QED) is 0.461. The minimum atomic E-state index is -0.777. The normalized spacial score (nSPS) is 13.5. The molecule has 1 unspecified atom stereocenters. The molecule has 0 aliphatic heterocycles. The Morgan fingerprint density at radius 3 is 2.70 bits per heavy atom. The molecule has 166 valence electrons. The third-order valence-corrected chi connectivity index (χ3v) is 6.67. The third-order valence-electron chi connectivity index (χ3n) is 5.80. The molecule has 1 N–H and O–H groups in total. The van der Waals surface area contributed by atoms with Crippen molar-refractivity contribution in [3.63, 3.8) is 0 Å². The first kappa shape index (κ1) is 21.2. The number of hydrogen-bond acceptors (Lipinski definition) is 5. The molecule has 2 heterocycles. The Kier molecular flexibility index (Phi) is 5.60. The minimum absolute atomic E-state index is 0.277. The summed E-state index contributed by atoms with van der Waals surface area (Å²) in [5.41, 5.74) is 3.93. The van der Waals surface area contributed by atoms with E-state index in [-0.39, 0.29) is 17.3 Å². The maximum absolute atomic E-state index is 14.2. The van der Waals surface area contributed by atoms with E-state index in [0.29, 0.717) is 27.5 Å². The molecule has 1 aliphatic rings. The van der Waals surface area contributed by atoms with E-state index in [1.54, 1.807) is 37.3 Å². The van der Waals surface area contributed by atoms with Crippen molar-refractivity contribution in [1.82, 2.24) is 14.8 Å². The molecule has 1 amide bonds. The number of nitrogens with one attached hydrogen (secondary N) is 1. The van der Waals surface area contributed by atoms with Gasteiger partial charge in [-0.25, -0.2) is 14.1 Å². The van der Waals surface area contributed by atoms with Crippen LogP contribution in [0.5, 0.6) is 0 Å². The molecule has 5 rings (SSSR count). The highest BCUT2D eigenvalue weighted by atomic mass is 32.1. The van der Waals surface area contributed by atoms with E-state index in [2.05, 4.69) is 15.4 Å². The molecule has 1 atom stereocenters. The van der Waals surface area contributed by atoms with Crippen LogP contribution < -0.4 is 10.9 Å². The number of fused-ring (bicyclic) bond motifs is 1. The molecule has 4 aromatic rings.